The van der Waals surface area contributed by atoms with Crippen LogP contribution in [0.25, 0.3) is 0 Å². The first-order valence-corrected chi connectivity index (χ1v) is 7.87. The Bertz CT molecular complexity index is 707. The Morgan fingerprint density at radius 2 is 1.84 bits per heavy atom. The second-order valence-electron chi connectivity index (χ2n) is 5.52. The minimum Gasteiger partial charge on any atom is -0.435 e. The molecule has 1 saturated heterocycles. The zero-order valence-electron chi connectivity index (χ0n) is 13.4. The number of nitrogens with zero attached hydrogens (tertiary/aromatic N) is 3. The highest BCUT2D eigenvalue weighted by molar-refractivity contribution is 5.89. The predicted molar refractivity (Wildman–Crippen MR) is 90.1 cm³/mol. The number of urea groups is 1. The quantitative estimate of drug-likeness (QED) is 0.923. The van der Waals surface area contributed by atoms with Crippen molar-refractivity contribution in [1.29, 1.82) is 0 Å². The molecule has 0 atom stereocenters. The van der Waals surface area contributed by atoms with Crippen molar-refractivity contribution < 1.29 is 18.3 Å². The van der Waals surface area contributed by atoms with E-state index in [1.807, 2.05) is 12.1 Å². The fourth-order valence-electron chi connectivity index (χ4n) is 2.68. The number of anilines is 2. The molecule has 8 heteroatoms. The zero-order chi connectivity index (χ0) is 17.6. The number of rotatable bonds is 4. The first-order chi connectivity index (χ1) is 12.1. The first kappa shape index (κ1) is 16.9. The van der Waals surface area contributed by atoms with Gasteiger partial charge >= 0.3 is 12.6 Å². The average molecular weight is 348 g/mol. The summed E-state index contributed by atoms with van der Waals surface area (Å²) in [6.45, 7) is -0.326. The molecule has 0 spiro atoms. The van der Waals surface area contributed by atoms with Gasteiger partial charge in [0.05, 0.1) is 0 Å². The van der Waals surface area contributed by atoms with E-state index in [0.29, 0.717) is 31.9 Å². The summed E-state index contributed by atoms with van der Waals surface area (Å²) in [5.41, 5.74) is 1.49. The van der Waals surface area contributed by atoms with Crippen molar-refractivity contribution in [3.05, 3.63) is 48.8 Å². The Hall–Kier alpha value is -2.90. The molecule has 2 aromatic rings. The average Bonchev–Trinajstić information content (AvgIpc) is 2.62. The molecule has 2 heterocycles. The number of ether oxygens (including phenoxy) is 1. The van der Waals surface area contributed by atoms with Gasteiger partial charge in [0.1, 0.15) is 5.75 Å². The first-order valence-electron chi connectivity index (χ1n) is 7.87. The fourth-order valence-corrected chi connectivity index (χ4v) is 2.68. The molecule has 1 aliphatic heterocycles. The van der Waals surface area contributed by atoms with E-state index in [-0.39, 0.29) is 11.8 Å². The maximum Gasteiger partial charge on any atom is 0.387 e. The maximum absolute atomic E-state index is 12.3. The standard InChI is InChI=1S/C17H18F2N4O2/c18-16(19)25-15-3-1-2-13(12-15)21-17(24)23-10-8-22(9-11-23)14-4-6-20-7-5-14/h1-7,12,16H,8-11H2,(H,21,24). The molecule has 0 saturated carbocycles. The molecule has 25 heavy (non-hydrogen) atoms. The fraction of sp³-hybridized carbons (Fsp3) is 0.294. The highest BCUT2D eigenvalue weighted by atomic mass is 19.3. The molecule has 0 unspecified atom stereocenters. The second-order valence-corrected chi connectivity index (χ2v) is 5.52. The number of benzene rings is 1. The van der Waals surface area contributed by atoms with E-state index in [1.54, 1.807) is 29.4 Å². The maximum atomic E-state index is 12.3. The molecule has 3 rings (SSSR count). The molecule has 0 aliphatic carbocycles. The van der Waals surface area contributed by atoms with Crippen molar-refractivity contribution >= 4 is 17.4 Å². The summed E-state index contributed by atoms with van der Waals surface area (Å²) in [5.74, 6) is 0.00954. The van der Waals surface area contributed by atoms with Crippen molar-refractivity contribution in [2.75, 3.05) is 36.4 Å². The van der Waals surface area contributed by atoms with E-state index in [4.69, 9.17) is 0 Å². The summed E-state index contributed by atoms with van der Waals surface area (Å²) in [6, 6.07) is 9.57. The van der Waals surface area contributed by atoms with Gasteiger partial charge in [-0.3, -0.25) is 4.98 Å². The van der Waals surface area contributed by atoms with Gasteiger partial charge in [-0.25, -0.2) is 4.79 Å². The summed E-state index contributed by atoms with van der Waals surface area (Å²) >= 11 is 0. The number of halogens is 2. The normalized spacial score (nSPS) is 14.5. The van der Waals surface area contributed by atoms with Crippen LogP contribution in [0, 0.1) is 0 Å². The third kappa shape index (κ3) is 4.56. The lowest BCUT2D eigenvalue weighted by atomic mass is 10.2. The number of nitrogens with one attached hydrogen (secondary N) is 1. The molecule has 2 amide bonds. The van der Waals surface area contributed by atoms with E-state index in [0.717, 1.165) is 5.69 Å². The SMILES string of the molecule is O=C(Nc1cccc(OC(F)F)c1)N1CCN(c2ccncc2)CC1. The molecule has 6 nitrogen and oxygen atoms in total. The summed E-state index contributed by atoms with van der Waals surface area (Å²) in [5, 5.41) is 2.71. The van der Waals surface area contributed by atoms with E-state index < -0.39 is 6.61 Å². The molecule has 1 fully saturated rings. The van der Waals surface area contributed by atoms with Gasteiger partial charge in [-0.2, -0.15) is 8.78 Å². The number of hydrogen-bond acceptors (Lipinski definition) is 4. The molecule has 132 valence electrons. The minimum atomic E-state index is -2.90. The second kappa shape index (κ2) is 7.78. The van der Waals surface area contributed by atoms with Gasteiger partial charge in [0.15, 0.2) is 0 Å². The van der Waals surface area contributed by atoms with Gasteiger partial charge in [-0.1, -0.05) is 6.07 Å². The minimum absolute atomic E-state index is 0.00954. The monoisotopic (exact) mass is 348 g/mol. The molecule has 0 bridgehead atoms. The van der Waals surface area contributed by atoms with Crippen molar-refractivity contribution in [2.45, 2.75) is 6.61 Å². The van der Waals surface area contributed by atoms with Crippen LogP contribution in [0.15, 0.2) is 48.8 Å². The Labute approximate surface area is 144 Å². The Morgan fingerprint density at radius 1 is 1.12 bits per heavy atom. The number of carbonyl (C=O) groups is 1. The van der Waals surface area contributed by atoms with Gasteiger partial charge in [-0.15, -0.1) is 0 Å². The van der Waals surface area contributed by atoms with Crippen LogP contribution in [-0.4, -0.2) is 48.7 Å². The zero-order valence-corrected chi connectivity index (χ0v) is 13.4. The number of piperazine rings is 1. The van der Waals surface area contributed by atoms with E-state index in [1.165, 1.54) is 12.1 Å². The van der Waals surface area contributed by atoms with Crippen LogP contribution in [-0.2, 0) is 0 Å². The molecular weight excluding hydrogens is 330 g/mol. The number of aromatic nitrogens is 1. The van der Waals surface area contributed by atoms with Crippen LogP contribution in [0.4, 0.5) is 25.0 Å². The largest absolute Gasteiger partial charge is 0.435 e. The highest BCUT2D eigenvalue weighted by Crippen LogP contribution is 2.20. The Balaban J connectivity index is 1.54. The Kier molecular flexibility index (Phi) is 5.27. The third-order valence-corrected chi connectivity index (χ3v) is 3.91. The smallest absolute Gasteiger partial charge is 0.387 e. The number of pyridine rings is 1. The van der Waals surface area contributed by atoms with E-state index in [9.17, 15) is 13.6 Å². The van der Waals surface area contributed by atoms with Crippen LogP contribution < -0.4 is 15.0 Å². The van der Waals surface area contributed by atoms with Crippen LogP contribution in [0.5, 0.6) is 5.75 Å². The van der Waals surface area contributed by atoms with Crippen LogP contribution in [0.1, 0.15) is 0 Å². The summed E-state index contributed by atoms with van der Waals surface area (Å²) in [6.07, 6.45) is 3.48. The van der Waals surface area contributed by atoms with Gasteiger partial charge in [0.2, 0.25) is 0 Å². The molecule has 1 aromatic heterocycles. The van der Waals surface area contributed by atoms with Crippen LogP contribution >= 0.6 is 0 Å². The van der Waals surface area contributed by atoms with Crippen molar-refractivity contribution in [1.82, 2.24) is 9.88 Å². The summed E-state index contributed by atoms with van der Waals surface area (Å²) in [4.78, 5) is 20.2. The number of hydrogen-bond donors (Lipinski definition) is 1. The highest BCUT2D eigenvalue weighted by Gasteiger charge is 2.21. The molecule has 1 aromatic carbocycles. The van der Waals surface area contributed by atoms with Gasteiger partial charge in [-0.05, 0) is 24.3 Å². The molecule has 1 aliphatic rings. The lowest BCUT2D eigenvalue weighted by Gasteiger charge is -2.36. The van der Waals surface area contributed by atoms with Gasteiger partial charge in [0.25, 0.3) is 0 Å². The predicted octanol–water partition coefficient (Wildman–Crippen LogP) is 3.04. The molecule has 1 N–H and O–H groups in total. The van der Waals surface area contributed by atoms with Crippen molar-refractivity contribution in [3.63, 3.8) is 0 Å². The number of alkyl halides is 2. The topological polar surface area (TPSA) is 57.7 Å². The van der Waals surface area contributed by atoms with Gasteiger partial charge in [0, 0.05) is 56.0 Å². The van der Waals surface area contributed by atoms with Crippen LogP contribution in [0.3, 0.4) is 0 Å². The number of carbonyl (C=O) groups excluding carboxylic acids is 1. The molecular formula is C17H18F2N4O2. The third-order valence-electron chi connectivity index (χ3n) is 3.91. The summed E-state index contributed by atoms with van der Waals surface area (Å²) in [7, 11) is 0. The molecule has 0 radical (unpaired) electrons. The van der Waals surface area contributed by atoms with Gasteiger partial charge < -0.3 is 19.9 Å². The lowest BCUT2D eigenvalue weighted by Crippen LogP contribution is -2.50. The lowest BCUT2D eigenvalue weighted by molar-refractivity contribution is -0.0497. The van der Waals surface area contributed by atoms with E-state index >= 15 is 0 Å². The number of amides is 2. The van der Waals surface area contributed by atoms with E-state index in [2.05, 4.69) is 19.9 Å². The van der Waals surface area contributed by atoms with Crippen molar-refractivity contribution in [2.24, 2.45) is 0 Å². The van der Waals surface area contributed by atoms with Crippen LogP contribution in [0.2, 0.25) is 0 Å². The Morgan fingerprint density at radius 3 is 2.52 bits per heavy atom. The summed E-state index contributed by atoms with van der Waals surface area (Å²) < 4.78 is 28.8. The van der Waals surface area contributed by atoms with Crippen molar-refractivity contribution in [3.8, 4) is 5.75 Å².